The van der Waals surface area contributed by atoms with Crippen molar-refractivity contribution in [3.63, 3.8) is 0 Å². The first-order valence-electron chi connectivity index (χ1n) is 7.58. The molecule has 23 heavy (non-hydrogen) atoms. The predicted molar refractivity (Wildman–Crippen MR) is 90.9 cm³/mol. The van der Waals surface area contributed by atoms with Gasteiger partial charge in [0.15, 0.2) is 0 Å². The molecule has 0 unspecified atom stereocenters. The van der Waals surface area contributed by atoms with Crippen LogP contribution in [0.2, 0.25) is 0 Å². The van der Waals surface area contributed by atoms with Gasteiger partial charge in [-0.2, -0.15) is 5.10 Å². The largest absolute Gasteiger partial charge is 0.495 e. The van der Waals surface area contributed by atoms with Gasteiger partial charge in [0.1, 0.15) is 5.75 Å². The molecule has 0 saturated carbocycles. The van der Waals surface area contributed by atoms with Crippen LogP contribution in [0.1, 0.15) is 17.5 Å². The van der Waals surface area contributed by atoms with E-state index in [4.69, 9.17) is 4.74 Å². The van der Waals surface area contributed by atoms with Crippen molar-refractivity contribution in [2.75, 3.05) is 19.0 Å². The number of carbonyl (C=O) groups is 1. The van der Waals surface area contributed by atoms with Gasteiger partial charge in [0.2, 0.25) is 0 Å². The lowest BCUT2D eigenvalue weighted by atomic mass is 10.1. The Hall–Kier alpha value is -2.82. The molecule has 0 fully saturated rings. The quantitative estimate of drug-likeness (QED) is 0.835. The lowest BCUT2D eigenvalue weighted by Gasteiger charge is -2.10. The van der Waals surface area contributed by atoms with E-state index < -0.39 is 0 Å². The van der Waals surface area contributed by atoms with Crippen molar-refractivity contribution < 1.29 is 9.53 Å². The Balaban J connectivity index is 1.57. The van der Waals surface area contributed by atoms with Gasteiger partial charge in [-0.05, 0) is 30.5 Å². The number of carbonyl (C=O) groups excluding carboxylic acids is 1. The monoisotopic (exact) mass is 309 g/mol. The number of amides is 1. The van der Waals surface area contributed by atoms with E-state index >= 15 is 0 Å². The Morgan fingerprint density at radius 2 is 1.91 bits per heavy atom. The summed E-state index contributed by atoms with van der Waals surface area (Å²) in [6.07, 6.45) is 1.84. The van der Waals surface area contributed by atoms with Crippen molar-refractivity contribution in [1.29, 1.82) is 0 Å². The normalized spacial score (nSPS) is 14.4. The van der Waals surface area contributed by atoms with Gasteiger partial charge in [0.25, 0.3) is 5.91 Å². The number of hydrazone groups is 1. The van der Waals surface area contributed by atoms with Gasteiger partial charge in [0, 0.05) is 5.56 Å². The molecule has 0 atom stereocenters. The Morgan fingerprint density at radius 3 is 2.78 bits per heavy atom. The standard InChI is InChI=1S/C18H19N3O2/c1-23-17-9-5-4-8-16(17)19-12-18(22)21-20-15-11-10-13-6-2-3-7-14(13)15/h2-9,19H,10-12H2,1H3,(H,21,22). The summed E-state index contributed by atoms with van der Waals surface area (Å²) in [4.78, 5) is 12.0. The van der Waals surface area contributed by atoms with E-state index in [-0.39, 0.29) is 12.5 Å². The van der Waals surface area contributed by atoms with Crippen LogP contribution in [0, 0.1) is 0 Å². The molecule has 0 bridgehead atoms. The third kappa shape index (κ3) is 3.51. The summed E-state index contributed by atoms with van der Waals surface area (Å²) in [6.45, 7) is 0.138. The first-order chi connectivity index (χ1) is 11.3. The fourth-order valence-electron chi connectivity index (χ4n) is 2.66. The molecule has 2 aromatic rings. The molecule has 118 valence electrons. The summed E-state index contributed by atoms with van der Waals surface area (Å²) >= 11 is 0. The molecule has 2 aromatic carbocycles. The Morgan fingerprint density at radius 1 is 1.13 bits per heavy atom. The Bertz CT molecular complexity index is 741. The van der Waals surface area contributed by atoms with E-state index in [1.807, 2.05) is 42.5 Å². The highest BCUT2D eigenvalue weighted by atomic mass is 16.5. The van der Waals surface area contributed by atoms with Crippen LogP contribution in [0.5, 0.6) is 5.75 Å². The number of ether oxygens (including phenoxy) is 1. The maximum absolute atomic E-state index is 12.0. The van der Waals surface area contributed by atoms with E-state index in [9.17, 15) is 4.79 Å². The fraction of sp³-hybridized carbons (Fsp3) is 0.222. The molecule has 3 rings (SSSR count). The molecule has 2 N–H and O–H groups in total. The van der Waals surface area contributed by atoms with Crippen LogP contribution in [0.3, 0.4) is 0 Å². The molecule has 0 saturated heterocycles. The summed E-state index contributed by atoms with van der Waals surface area (Å²) in [5.74, 6) is 0.518. The minimum atomic E-state index is -0.187. The minimum Gasteiger partial charge on any atom is -0.495 e. The van der Waals surface area contributed by atoms with Gasteiger partial charge in [-0.3, -0.25) is 4.79 Å². The Labute approximate surface area is 135 Å². The van der Waals surface area contributed by atoms with Crippen LogP contribution in [0.15, 0.2) is 53.6 Å². The van der Waals surface area contributed by atoms with E-state index in [0.29, 0.717) is 5.75 Å². The van der Waals surface area contributed by atoms with Crippen molar-refractivity contribution in [3.8, 4) is 5.75 Å². The Kier molecular flexibility index (Phi) is 4.57. The van der Waals surface area contributed by atoms with Crippen molar-refractivity contribution in [2.24, 2.45) is 5.10 Å². The lowest BCUT2D eigenvalue weighted by molar-refractivity contribution is -0.119. The van der Waals surface area contributed by atoms with Crippen LogP contribution >= 0.6 is 0 Å². The van der Waals surface area contributed by atoms with Gasteiger partial charge in [-0.15, -0.1) is 0 Å². The third-order valence-electron chi connectivity index (χ3n) is 3.82. The van der Waals surface area contributed by atoms with Crippen molar-refractivity contribution in [3.05, 3.63) is 59.7 Å². The van der Waals surface area contributed by atoms with Gasteiger partial charge in [0.05, 0.1) is 25.1 Å². The number of rotatable bonds is 5. The number of anilines is 1. The molecule has 0 heterocycles. The predicted octanol–water partition coefficient (Wildman–Crippen LogP) is 2.57. The molecular formula is C18H19N3O2. The van der Waals surface area contributed by atoms with E-state index in [0.717, 1.165) is 29.8 Å². The molecule has 5 heteroatoms. The molecular weight excluding hydrogens is 290 g/mol. The van der Waals surface area contributed by atoms with E-state index in [1.165, 1.54) is 5.56 Å². The first-order valence-corrected chi connectivity index (χ1v) is 7.58. The molecule has 1 aliphatic carbocycles. The van der Waals surface area contributed by atoms with Crippen molar-refractivity contribution >= 4 is 17.3 Å². The number of aryl methyl sites for hydroxylation is 1. The average Bonchev–Trinajstić information content (AvgIpc) is 3.01. The van der Waals surface area contributed by atoms with Crippen LogP contribution in [0.4, 0.5) is 5.69 Å². The van der Waals surface area contributed by atoms with E-state index in [1.54, 1.807) is 7.11 Å². The van der Waals surface area contributed by atoms with Gasteiger partial charge in [-0.25, -0.2) is 5.43 Å². The first kappa shape index (κ1) is 15.1. The van der Waals surface area contributed by atoms with Crippen molar-refractivity contribution in [2.45, 2.75) is 12.8 Å². The number of benzene rings is 2. The highest BCUT2D eigenvalue weighted by molar-refractivity contribution is 6.04. The number of hydrogen-bond donors (Lipinski definition) is 2. The summed E-state index contributed by atoms with van der Waals surface area (Å²) in [7, 11) is 1.60. The topological polar surface area (TPSA) is 62.7 Å². The molecule has 0 aromatic heterocycles. The second-order valence-electron chi connectivity index (χ2n) is 5.30. The molecule has 0 spiro atoms. The maximum atomic E-state index is 12.0. The number of methoxy groups -OCH3 is 1. The third-order valence-corrected chi connectivity index (χ3v) is 3.82. The highest BCUT2D eigenvalue weighted by Gasteiger charge is 2.17. The zero-order valence-corrected chi connectivity index (χ0v) is 13.0. The molecule has 0 aliphatic heterocycles. The zero-order valence-electron chi connectivity index (χ0n) is 13.0. The second kappa shape index (κ2) is 6.96. The van der Waals surface area contributed by atoms with Crippen LogP contribution in [0.25, 0.3) is 0 Å². The van der Waals surface area contributed by atoms with Gasteiger partial charge >= 0.3 is 0 Å². The summed E-state index contributed by atoms with van der Waals surface area (Å²) < 4.78 is 5.24. The zero-order chi connectivity index (χ0) is 16.1. The number of nitrogens with zero attached hydrogens (tertiary/aromatic N) is 1. The SMILES string of the molecule is COc1ccccc1NCC(=O)NN=C1CCc2ccccc21. The lowest BCUT2D eigenvalue weighted by Crippen LogP contribution is -2.27. The summed E-state index contributed by atoms with van der Waals surface area (Å²) in [6, 6.07) is 15.6. The number of fused-ring (bicyclic) bond motifs is 1. The fourth-order valence-corrected chi connectivity index (χ4v) is 2.66. The highest BCUT2D eigenvalue weighted by Crippen LogP contribution is 2.23. The molecule has 0 radical (unpaired) electrons. The van der Waals surface area contributed by atoms with E-state index in [2.05, 4.69) is 21.9 Å². The average molecular weight is 309 g/mol. The second-order valence-corrected chi connectivity index (χ2v) is 5.30. The smallest absolute Gasteiger partial charge is 0.259 e. The number of hydrogen-bond acceptors (Lipinski definition) is 4. The van der Waals surface area contributed by atoms with Gasteiger partial charge < -0.3 is 10.1 Å². The molecule has 1 aliphatic rings. The summed E-state index contributed by atoms with van der Waals surface area (Å²) in [5, 5.41) is 7.32. The van der Waals surface area contributed by atoms with Crippen LogP contribution in [-0.2, 0) is 11.2 Å². The molecule has 5 nitrogen and oxygen atoms in total. The maximum Gasteiger partial charge on any atom is 0.259 e. The van der Waals surface area contributed by atoms with Crippen molar-refractivity contribution in [1.82, 2.24) is 5.43 Å². The summed E-state index contributed by atoms with van der Waals surface area (Å²) in [5.41, 5.74) is 6.75. The van der Waals surface area contributed by atoms with Crippen LogP contribution in [-0.4, -0.2) is 25.3 Å². The van der Waals surface area contributed by atoms with Crippen LogP contribution < -0.4 is 15.5 Å². The number of para-hydroxylation sites is 2. The minimum absolute atomic E-state index is 0.138. The number of nitrogens with one attached hydrogen (secondary N) is 2. The molecule has 1 amide bonds. The van der Waals surface area contributed by atoms with Gasteiger partial charge in [-0.1, -0.05) is 36.4 Å².